The van der Waals surface area contributed by atoms with Gasteiger partial charge in [0.1, 0.15) is 6.33 Å². The van der Waals surface area contributed by atoms with Crippen LogP contribution in [-0.4, -0.2) is 53.1 Å². The number of aromatic amines is 1. The van der Waals surface area contributed by atoms with Gasteiger partial charge in [-0.3, -0.25) is 0 Å². The Hall–Kier alpha value is -3.39. The van der Waals surface area contributed by atoms with Crippen LogP contribution in [0.4, 0.5) is 4.39 Å². The zero-order valence-corrected chi connectivity index (χ0v) is 17.7. The van der Waals surface area contributed by atoms with Crippen molar-refractivity contribution in [2.24, 2.45) is 0 Å². The maximum atomic E-state index is 15.2. The average molecular weight is 460 g/mol. The number of H-pyrrole nitrogens is 1. The van der Waals surface area contributed by atoms with Crippen molar-refractivity contribution in [3.8, 4) is 23.1 Å². The molecule has 1 aliphatic heterocycles. The molecule has 5 rings (SSSR count). The van der Waals surface area contributed by atoms with Gasteiger partial charge in [0, 0.05) is 34.7 Å². The lowest BCUT2D eigenvalue weighted by Crippen LogP contribution is -2.21. The Morgan fingerprint density at radius 1 is 1.15 bits per heavy atom. The van der Waals surface area contributed by atoms with Crippen LogP contribution in [-0.2, 0) is 0 Å². The number of nitrogens with one attached hydrogen (secondary N) is 1. The number of nitrogens with zero attached hydrogens (tertiary/aromatic N) is 3. The van der Waals surface area contributed by atoms with Gasteiger partial charge in [-0.25, -0.2) is 14.4 Å². The van der Waals surface area contributed by atoms with Crippen molar-refractivity contribution in [2.45, 2.75) is 26.1 Å². The molecule has 0 spiro atoms. The van der Waals surface area contributed by atoms with Gasteiger partial charge in [-0.1, -0.05) is 0 Å². The van der Waals surface area contributed by atoms with Crippen LogP contribution in [0.5, 0.6) is 23.1 Å². The van der Waals surface area contributed by atoms with E-state index in [9.17, 15) is 0 Å². The fourth-order valence-electron chi connectivity index (χ4n) is 3.63. The molecule has 0 bridgehead atoms. The summed E-state index contributed by atoms with van der Waals surface area (Å²) in [7, 11) is -2.94. The number of aryl methyl sites for hydroxylation is 1. The van der Waals surface area contributed by atoms with E-state index in [4.69, 9.17) is 26.5 Å². The van der Waals surface area contributed by atoms with Crippen molar-refractivity contribution in [3.05, 3.63) is 48.2 Å². The summed E-state index contributed by atoms with van der Waals surface area (Å²) >= 11 is 0. The van der Waals surface area contributed by atoms with Crippen molar-refractivity contribution in [1.82, 2.24) is 19.9 Å². The van der Waals surface area contributed by atoms with Gasteiger partial charge in [0.15, 0.2) is 23.1 Å². The summed E-state index contributed by atoms with van der Waals surface area (Å²) in [5.74, 6) is -1.51. The Labute approximate surface area is 204 Å². The number of halogens is 1. The maximum absolute atomic E-state index is 15.2. The fourth-order valence-corrected chi connectivity index (χ4v) is 3.63. The average Bonchev–Trinajstić information content (AvgIpc) is 3.34. The lowest BCUT2D eigenvalue weighted by molar-refractivity contribution is 0.254. The Bertz CT molecular complexity index is 1630. The molecule has 3 heterocycles. The first kappa shape index (κ1) is 13.3. The Kier molecular flexibility index (Phi) is 3.73. The largest absolute Gasteiger partial charge is 0.493 e. The molecule has 2 aromatic heterocycles. The minimum Gasteiger partial charge on any atom is -0.493 e. The number of likely N-dealkylation sites (tertiary alicyclic amines) is 1. The number of fused-ring (bicyclic) bond motifs is 2. The van der Waals surface area contributed by atoms with E-state index in [1.807, 2.05) is 0 Å². The molecule has 1 N–H and O–H groups in total. The molecular formula is C25H27FN4O3. The molecule has 2 aromatic carbocycles. The molecule has 172 valence electrons. The summed E-state index contributed by atoms with van der Waals surface area (Å²) in [6, 6.07) is 7.16. The van der Waals surface area contributed by atoms with Gasteiger partial charge >= 0.3 is 0 Å². The van der Waals surface area contributed by atoms with Gasteiger partial charge in [-0.15, -0.1) is 0 Å². The van der Waals surface area contributed by atoms with E-state index in [0.29, 0.717) is 10.9 Å². The van der Waals surface area contributed by atoms with Gasteiger partial charge in [-0.05, 0) is 63.4 Å². The summed E-state index contributed by atoms with van der Waals surface area (Å²) in [6.07, 6.45) is -3.32. The third-order valence-electron chi connectivity index (χ3n) is 5.26. The van der Waals surface area contributed by atoms with E-state index >= 15 is 4.39 Å². The molecule has 0 unspecified atom stereocenters. The molecule has 1 saturated heterocycles. The zero-order valence-electron chi connectivity index (χ0n) is 26.7. The highest BCUT2D eigenvalue weighted by Crippen LogP contribution is 2.37. The van der Waals surface area contributed by atoms with E-state index < -0.39 is 32.2 Å². The Morgan fingerprint density at radius 3 is 2.88 bits per heavy atom. The molecule has 33 heavy (non-hydrogen) atoms. The van der Waals surface area contributed by atoms with Crippen LogP contribution in [0.2, 0.25) is 0 Å². The Balaban J connectivity index is 1.44. The van der Waals surface area contributed by atoms with Crippen LogP contribution in [0, 0.1) is 12.7 Å². The van der Waals surface area contributed by atoms with Crippen LogP contribution >= 0.6 is 0 Å². The monoisotopic (exact) mass is 459 g/mol. The molecule has 4 aromatic rings. The minimum absolute atomic E-state index is 0.0220. The summed E-state index contributed by atoms with van der Waals surface area (Å²) in [4.78, 5) is 12.7. The van der Waals surface area contributed by atoms with E-state index in [1.165, 1.54) is 23.1 Å². The summed E-state index contributed by atoms with van der Waals surface area (Å²) in [5, 5.41) is 0.463. The first-order valence-corrected chi connectivity index (χ1v) is 10.3. The van der Waals surface area contributed by atoms with E-state index in [1.54, 1.807) is 19.1 Å². The molecule has 0 aliphatic carbocycles. The summed E-state index contributed by atoms with van der Waals surface area (Å²) in [6.45, 7) is -1.04. The second-order valence-corrected chi connectivity index (χ2v) is 7.55. The van der Waals surface area contributed by atoms with E-state index in [0.717, 1.165) is 12.0 Å². The number of methoxy groups -OCH3 is 1. The van der Waals surface area contributed by atoms with Crippen molar-refractivity contribution < 1.29 is 30.9 Å². The normalized spacial score (nSPS) is 22.2. The Morgan fingerprint density at radius 2 is 2.03 bits per heavy atom. The van der Waals surface area contributed by atoms with E-state index in [2.05, 4.69) is 15.0 Å². The third kappa shape index (κ3) is 4.43. The van der Waals surface area contributed by atoms with E-state index in [-0.39, 0.29) is 60.1 Å². The molecule has 1 fully saturated rings. The predicted octanol–water partition coefficient (Wildman–Crippen LogP) is 5.22. The molecular weight excluding hydrogens is 423 g/mol. The fraction of sp³-hybridized carbons (Fsp3) is 0.360. The number of ether oxygens (including phenoxy) is 3. The van der Waals surface area contributed by atoms with Crippen LogP contribution < -0.4 is 14.2 Å². The number of benzene rings is 2. The predicted molar refractivity (Wildman–Crippen MR) is 125 cm³/mol. The van der Waals surface area contributed by atoms with Crippen LogP contribution in [0.25, 0.3) is 21.8 Å². The number of hydrogen-bond donors (Lipinski definition) is 1. The highest BCUT2D eigenvalue weighted by molar-refractivity contribution is 5.87. The number of aromatic nitrogens is 3. The second kappa shape index (κ2) is 9.23. The van der Waals surface area contributed by atoms with Gasteiger partial charge in [0.05, 0.1) is 31.4 Å². The standard InChI is InChI=1S/C25H27FN4O3/c1-16-12-17-19(29-16)6-7-21(24(17)26)33-25-18-13-22(31-2)23(14-20(18)27-15-28-25)32-11-5-10-30-8-3-4-9-30/h6-7,12-15,29H,3-5,8-11H2,1-2H3/i2D3,3D2,4D2,11D2. The lowest BCUT2D eigenvalue weighted by atomic mass is 10.2. The smallest absolute Gasteiger partial charge is 0.230 e. The first-order chi connectivity index (χ1) is 19.4. The SMILES string of the molecule is [2H]C([2H])([2H])Oc1cc2c(Oc3ccc4[nH]c(C)cc4c3F)ncnc2cc1OC([2H])([2H])CCN1CC([2H])([2H])C([2H])([2H])C1. The quantitative estimate of drug-likeness (QED) is 0.389. The highest BCUT2D eigenvalue weighted by atomic mass is 19.1. The molecule has 0 atom stereocenters. The molecule has 0 radical (unpaired) electrons. The van der Waals surface area contributed by atoms with Crippen molar-refractivity contribution in [3.63, 3.8) is 0 Å². The first-order valence-electron chi connectivity index (χ1n) is 14.8. The van der Waals surface area contributed by atoms with Gasteiger partial charge in [0.25, 0.3) is 0 Å². The number of rotatable bonds is 8. The molecule has 0 amide bonds. The van der Waals surface area contributed by atoms with Crippen molar-refractivity contribution in [1.29, 1.82) is 0 Å². The lowest BCUT2D eigenvalue weighted by Gasteiger charge is -2.16. The van der Waals surface area contributed by atoms with Gasteiger partial charge in [-0.2, -0.15) is 0 Å². The minimum atomic E-state index is -2.94. The third-order valence-corrected chi connectivity index (χ3v) is 5.26. The topological polar surface area (TPSA) is 72.5 Å². The maximum Gasteiger partial charge on any atom is 0.230 e. The van der Waals surface area contributed by atoms with Crippen molar-refractivity contribution >= 4 is 21.8 Å². The number of hydrogen-bond acceptors (Lipinski definition) is 6. The van der Waals surface area contributed by atoms with Gasteiger partial charge in [0.2, 0.25) is 5.88 Å². The summed E-state index contributed by atoms with van der Waals surface area (Å²) in [5.41, 5.74) is 1.51. The van der Waals surface area contributed by atoms with Crippen LogP contribution in [0.3, 0.4) is 0 Å². The van der Waals surface area contributed by atoms with Crippen molar-refractivity contribution in [2.75, 3.05) is 33.2 Å². The molecule has 0 saturated carbocycles. The van der Waals surface area contributed by atoms with Gasteiger partial charge < -0.3 is 24.1 Å². The second-order valence-electron chi connectivity index (χ2n) is 7.55. The highest BCUT2D eigenvalue weighted by Gasteiger charge is 2.17. The van der Waals surface area contributed by atoms with Crippen LogP contribution in [0.15, 0.2) is 36.7 Å². The zero-order chi connectivity index (χ0) is 30.7. The molecule has 7 nitrogen and oxygen atoms in total. The summed E-state index contributed by atoms with van der Waals surface area (Å²) < 4.78 is 103. The molecule has 1 aliphatic rings. The van der Waals surface area contributed by atoms with Crippen LogP contribution in [0.1, 0.15) is 37.2 Å². The molecule has 8 heteroatoms.